The van der Waals surface area contributed by atoms with E-state index in [1.165, 1.54) is 5.39 Å². The van der Waals surface area contributed by atoms with Crippen LogP contribution < -0.4 is 0 Å². The van der Waals surface area contributed by atoms with E-state index in [2.05, 4.69) is 46.9 Å². The number of nitro groups is 1. The van der Waals surface area contributed by atoms with Crippen LogP contribution in [0.25, 0.3) is 59.6 Å². The van der Waals surface area contributed by atoms with Gasteiger partial charge in [-0.05, 0) is 34.4 Å². The number of non-ortho nitro benzene ring substituents is 1. The molecule has 2 heterocycles. The lowest BCUT2D eigenvalue weighted by molar-refractivity contribution is -0.383. The highest BCUT2D eigenvalue weighted by Gasteiger charge is 2.22. The number of nitrogens with zero attached hydrogens (tertiary/aromatic N) is 2. The van der Waals surface area contributed by atoms with Crippen molar-refractivity contribution < 1.29 is 4.92 Å². The smallest absolute Gasteiger partial charge is 0.277 e. The fourth-order valence-corrected chi connectivity index (χ4v) is 5.25. The first-order valence-corrected chi connectivity index (χ1v) is 9.90. The lowest BCUT2D eigenvalue weighted by atomic mass is 9.97. The van der Waals surface area contributed by atoms with Gasteiger partial charge in [0, 0.05) is 27.6 Å². The van der Waals surface area contributed by atoms with Crippen LogP contribution in [0.4, 0.5) is 5.69 Å². The molecule has 4 heteroatoms. The molecule has 0 saturated carbocycles. The van der Waals surface area contributed by atoms with Crippen LogP contribution in [0.2, 0.25) is 0 Å². The van der Waals surface area contributed by atoms with Crippen LogP contribution >= 0.6 is 0 Å². The number of rotatable bonds is 1. The lowest BCUT2D eigenvalue weighted by Gasteiger charge is -2.06. The molecule has 30 heavy (non-hydrogen) atoms. The van der Waals surface area contributed by atoms with Gasteiger partial charge < -0.3 is 4.40 Å². The van der Waals surface area contributed by atoms with E-state index in [4.69, 9.17) is 0 Å². The molecule has 0 radical (unpaired) electrons. The Balaban J connectivity index is 2.04. The van der Waals surface area contributed by atoms with Crippen molar-refractivity contribution in [1.82, 2.24) is 4.40 Å². The molecule has 0 atom stereocenters. The summed E-state index contributed by atoms with van der Waals surface area (Å²) in [7, 11) is 0. The standard InChI is InChI=1S/C26H14N2O2/c29-28(30)22-14-12-16-6-4-10-21-24(16)25(22)19-8-3-5-15-11-13-18-17-7-1-2-9-20(17)27(21)26(18)23(15)19/h1-14H. The van der Waals surface area contributed by atoms with E-state index in [9.17, 15) is 10.1 Å². The van der Waals surface area contributed by atoms with Gasteiger partial charge in [0.15, 0.2) is 0 Å². The summed E-state index contributed by atoms with van der Waals surface area (Å²) in [6.45, 7) is 0. The van der Waals surface area contributed by atoms with Gasteiger partial charge in [-0.1, -0.05) is 60.7 Å². The summed E-state index contributed by atoms with van der Waals surface area (Å²) in [6, 6.07) is 28.4. The van der Waals surface area contributed by atoms with Crippen LogP contribution in [0.15, 0.2) is 84.9 Å². The van der Waals surface area contributed by atoms with Gasteiger partial charge in [0.25, 0.3) is 5.69 Å². The minimum absolute atomic E-state index is 0.148. The Hall–Kier alpha value is -4.18. The summed E-state index contributed by atoms with van der Waals surface area (Å²) in [4.78, 5) is 11.8. The van der Waals surface area contributed by atoms with Gasteiger partial charge >= 0.3 is 0 Å². The zero-order chi connectivity index (χ0) is 20.0. The minimum Gasteiger partial charge on any atom is -0.308 e. The molecule has 0 aliphatic rings. The van der Waals surface area contributed by atoms with E-state index >= 15 is 0 Å². The Labute approximate surface area is 170 Å². The van der Waals surface area contributed by atoms with Gasteiger partial charge in [0.1, 0.15) is 0 Å². The van der Waals surface area contributed by atoms with Crippen LogP contribution in [-0.2, 0) is 0 Å². The van der Waals surface area contributed by atoms with Crippen molar-refractivity contribution in [2.45, 2.75) is 0 Å². The Bertz CT molecular complexity index is 1830. The predicted octanol–water partition coefficient (Wildman–Crippen LogP) is 7.05. The van der Waals surface area contributed by atoms with Gasteiger partial charge in [-0.25, -0.2) is 0 Å². The summed E-state index contributed by atoms with van der Waals surface area (Å²) in [5.41, 5.74) is 3.36. The third-order valence-corrected chi connectivity index (χ3v) is 6.39. The Kier molecular flexibility index (Phi) is 2.75. The van der Waals surface area contributed by atoms with Crippen LogP contribution in [0.1, 0.15) is 0 Å². The van der Waals surface area contributed by atoms with Crippen LogP contribution in [-0.4, -0.2) is 9.32 Å². The van der Waals surface area contributed by atoms with Crippen LogP contribution in [0.3, 0.4) is 0 Å². The van der Waals surface area contributed by atoms with Gasteiger partial charge in [0.2, 0.25) is 0 Å². The summed E-state index contributed by atoms with van der Waals surface area (Å²) < 4.78 is 2.29. The molecule has 2 aromatic heterocycles. The second-order valence-electron chi connectivity index (χ2n) is 7.81. The van der Waals surface area contributed by atoms with E-state index in [0.29, 0.717) is 5.39 Å². The number of benzene rings is 5. The number of aromatic nitrogens is 1. The molecule has 0 amide bonds. The summed E-state index contributed by atoms with van der Waals surface area (Å²) in [6.07, 6.45) is 0. The summed E-state index contributed by atoms with van der Waals surface area (Å²) >= 11 is 0. The topological polar surface area (TPSA) is 47.5 Å². The average molecular weight is 386 g/mol. The molecule has 7 rings (SSSR count). The Morgan fingerprint density at radius 3 is 2.17 bits per heavy atom. The molecule has 0 bridgehead atoms. The van der Waals surface area contributed by atoms with Crippen molar-refractivity contribution >= 4 is 65.3 Å². The molecule has 0 unspecified atom stereocenters. The van der Waals surface area contributed by atoms with E-state index in [1.807, 2.05) is 36.4 Å². The second-order valence-corrected chi connectivity index (χ2v) is 7.81. The fourth-order valence-electron chi connectivity index (χ4n) is 5.25. The number of nitro benzene ring substituents is 1. The molecular weight excluding hydrogens is 372 g/mol. The molecule has 5 aromatic carbocycles. The number of fused-ring (bicyclic) bond motifs is 5. The molecule has 0 saturated heterocycles. The van der Waals surface area contributed by atoms with Crippen molar-refractivity contribution in [3.8, 4) is 0 Å². The first kappa shape index (κ1) is 15.7. The van der Waals surface area contributed by atoms with Crippen molar-refractivity contribution in [2.24, 2.45) is 0 Å². The van der Waals surface area contributed by atoms with Crippen LogP contribution in [0, 0.1) is 10.1 Å². The average Bonchev–Trinajstić information content (AvgIpc) is 3.05. The monoisotopic (exact) mass is 386 g/mol. The second kappa shape index (κ2) is 5.24. The van der Waals surface area contributed by atoms with Crippen molar-refractivity contribution in [2.75, 3.05) is 0 Å². The first-order chi connectivity index (χ1) is 14.7. The van der Waals surface area contributed by atoms with Gasteiger partial charge in [-0.2, -0.15) is 0 Å². The van der Waals surface area contributed by atoms with Gasteiger partial charge in [-0.15, -0.1) is 0 Å². The summed E-state index contributed by atoms with van der Waals surface area (Å²) in [5, 5.41) is 20.1. The van der Waals surface area contributed by atoms with Crippen molar-refractivity contribution in [3.05, 3.63) is 95.0 Å². The largest absolute Gasteiger partial charge is 0.308 e. The Morgan fingerprint density at radius 2 is 1.30 bits per heavy atom. The third-order valence-electron chi connectivity index (χ3n) is 6.39. The fraction of sp³-hybridized carbons (Fsp3) is 0. The normalized spacial score (nSPS) is 12.3. The number of hydrogen-bond acceptors (Lipinski definition) is 2. The predicted molar refractivity (Wildman–Crippen MR) is 123 cm³/mol. The first-order valence-electron chi connectivity index (χ1n) is 9.90. The molecular formula is C26H14N2O2. The highest BCUT2D eigenvalue weighted by molar-refractivity contribution is 6.32. The van der Waals surface area contributed by atoms with Gasteiger partial charge in [-0.3, -0.25) is 10.1 Å². The quantitative estimate of drug-likeness (QED) is 0.224. The molecule has 140 valence electrons. The summed E-state index contributed by atoms with van der Waals surface area (Å²) in [5.74, 6) is 0. The third kappa shape index (κ3) is 1.72. The molecule has 0 spiro atoms. The maximum Gasteiger partial charge on any atom is 0.277 e. The lowest BCUT2D eigenvalue weighted by Crippen LogP contribution is -1.91. The van der Waals surface area contributed by atoms with Crippen molar-refractivity contribution in [1.29, 1.82) is 0 Å². The van der Waals surface area contributed by atoms with E-state index < -0.39 is 0 Å². The van der Waals surface area contributed by atoms with E-state index in [0.717, 1.165) is 48.9 Å². The molecule has 7 aromatic rings. The Morgan fingerprint density at radius 1 is 0.600 bits per heavy atom. The SMILES string of the molecule is O=[N+]([O-])c1ccc2cccc3c2c1c1cccc2ccc4c5ccccc5n3c4c21. The zero-order valence-electron chi connectivity index (χ0n) is 15.8. The molecule has 0 N–H and O–H groups in total. The molecule has 0 fully saturated rings. The van der Waals surface area contributed by atoms with E-state index in [-0.39, 0.29) is 10.6 Å². The van der Waals surface area contributed by atoms with Gasteiger partial charge in [0.05, 0.1) is 26.9 Å². The highest BCUT2D eigenvalue weighted by Crippen LogP contribution is 2.44. The number of hydrogen-bond donors (Lipinski definition) is 0. The minimum atomic E-state index is -0.261. The zero-order valence-corrected chi connectivity index (χ0v) is 15.8. The van der Waals surface area contributed by atoms with Crippen LogP contribution in [0.5, 0.6) is 0 Å². The maximum absolute atomic E-state index is 12.1. The van der Waals surface area contributed by atoms with Crippen molar-refractivity contribution in [3.63, 3.8) is 0 Å². The number of para-hydroxylation sites is 1. The maximum atomic E-state index is 12.1. The highest BCUT2D eigenvalue weighted by atomic mass is 16.6. The molecule has 0 aliphatic carbocycles. The van der Waals surface area contributed by atoms with E-state index in [1.54, 1.807) is 6.07 Å². The molecule has 4 nitrogen and oxygen atoms in total. The molecule has 0 aliphatic heterocycles.